The highest BCUT2D eigenvalue weighted by Gasteiger charge is 2.54. The molecule has 1 spiro atoms. The molecule has 1 atom stereocenters. The molecular formula is C10H18F2N2. The van der Waals surface area contributed by atoms with Gasteiger partial charge in [-0.3, -0.25) is 4.90 Å². The van der Waals surface area contributed by atoms with Crippen molar-refractivity contribution in [1.82, 2.24) is 10.2 Å². The molecular weight excluding hydrogens is 186 g/mol. The first-order valence-electron chi connectivity index (χ1n) is 5.28. The van der Waals surface area contributed by atoms with Gasteiger partial charge in [-0.05, 0) is 13.8 Å². The van der Waals surface area contributed by atoms with Gasteiger partial charge >= 0.3 is 0 Å². The van der Waals surface area contributed by atoms with Crippen LogP contribution in [0.2, 0.25) is 0 Å². The van der Waals surface area contributed by atoms with E-state index < -0.39 is 12.3 Å². The van der Waals surface area contributed by atoms with Crippen LogP contribution in [0.25, 0.3) is 0 Å². The lowest BCUT2D eigenvalue weighted by atomic mass is 9.71. The number of nitrogens with zero attached hydrogens (tertiary/aromatic N) is 1. The SMILES string of the molecule is CC(C)N1CC2(CNCC2C(F)F)C1. The Morgan fingerprint density at radius 1 is 1.36 bits per heavy atom. The van der Waals surface area contributed by atoms with Gasteiger partial charge in [0.2, 0.25) is 6.43 Å². The predicted molar refractivity (Wildman–Crippen MR) is 51.5 cm³/mol. The van der Waals surface area contributed by atoms with E-state index in [-0.39, 0.29) is 5.41 Å². The van der Waals surface area contributed by atoms with Gasteiger partial charge in [-0.25, -0.2) is 8.78 Å². The van der Waals surface area contributed by atoms with Gasteiger partial charge in [-0.15, -0.1) is 0 Å². The molecule has 0 amide bonds. The molecule has 2 nitrogen and oxygen atoms in total. The third kappa shape index (κ3) is 1.44. The molecule has 2 aliphatic rings. The minimum Gasteiger partial charge on any atom is -0.316 e. The van der Waals surface area contributed by atoms with Crippen LogP contribution in [0.4, 0.5) is 8.78 Å². The summed E-state index contributed by atoms with van der Waals surface area (Å²) in [7, 11) is 0. The Labute approximate surface area is 83.7 Å². The minimum atomic E-state index is -2.17. The summed E-state index contributed by atoms with van der Waals surface area (Å²) in [5.74, 6) is -0.433. The van der Waals surface area contributed by atoms with Crippen molar-refractivity contribution in [2.75, 3.05) is 26.2 Å². The molecule has 1 unspecified atom stereocenters. The normalized spacial score (nSPS) is 31.7. The standard InChI is InChI=1S/C10H18F2N2/c1-7(2)14-5-10(6-14)4-13-3-8(10)9(11)12/h7-9,13H,3-6H2,1-2H3. The molecule has 0 aromatic carbocycles. The van der Waals surface area contributed by atoms with Crippen LogP contribution in [0, 0.1) is 11.3 Å². The maximum Gasteiger partial charge on any atom is 0.243 e. The number of rotatable bonds is 2. The molecule has 2 saturated heterocycles. The molecule has 0 saturated carbocycles. The van der Waals surface area contributed by atoms with Crippen LogP contribution in [0.5, 0.6) is 0 Å². The zero-order chi connectivity index (χ0) is 10.3. The second kappa shape index (κ2) is 3.42. The Bertz CT molecular complexity index is 212. The summed E-state index contributed by atoms with van der Waals surface area (Å²) in [6, 6.07) is 0.486. The van der Waals surface area contributed by atoms with Gasteiger partial charge in [0.05, 0.1) is 0 Å². The predicted octanol–water partition coefficient (Wildman–Crippen LogP) is 1.18. The van der Waals surface area contributed by atoms with Crippen LogP contribution in [-0.2, 0) is 0 Å². The molecule has 0 bridgehead atoms. The highest BCUT2D eigenvalue weighted by molar-refractivity contribution is 5.06. The molecule has 14 heavy (non-hydrogen) atoms. The first-order valence-corrected chi connectivity index (χ1v) is 5.28. The summed E-state index contributed by atoms with van der Waals surface area (Å²) in [5, 5.41) is 3.10. The van der Waals surface area contributed by atoms with E-state index in [1.807, 2.05) is 0 Å². The highest BCUT2D eigenvalue weighted by atomic mass is 19.3. The van der Waals surface area contributed by atoms with Crippen molar-refractivity contribution in [3.63, 3.8) is 0 Å². The molecule has 2 fully saturated rings. The maximum atomic E-state index is 12.7. The van der Waals surface area contributed by atoms with E-state index in [0.717, 1.165) is 19.6 Å². The van der Waals surface area contributed by atoms with E-state index in [9.17, 15) is 8.78 Å². The van der Waals surface area contributed by atoms with Crippen molar-refractivity contribution < 1.29 is 8.78 Å². The third-order valence-corrected chi connectivity index (χ3v) is 3.70. The second-order valence-electron chi connectivity index (χ2n) is 4.93. The van der Waals surface area contributed by atoms with Gasteiger partial charge in [0.15, 0.2) is 0 Å². The quantitative estimate of drug-likeness (QED) is 0.726. The van der Waals surface area contributed by atoms with Crippen molar-refractivity contribution in [3.8, 4) is 0 Å². The second-order valence-corrected chi connectivity index (χ2v) is 4.93. The maximum absolute atomic E-state index is 12.7. The molecule has 0 radical (unpaired) electrons. The van der Waals surface area contributed by atoms with Gasteiger partial charge in [0.25, 0.3) is 0 Å². The Hall–Kier alpha value is -0.220. The summed E-state index contributed by atoms with van der Waals surface area (Å²) in [4.78, 5) is 2.27. The summed E-state index contributed by atoms with van der Waals surface area (Å²) in [6.07, 6.45) is -2.17. The fraction of sp³-hybridized carbons (Fsp3) is 1.00. The number of hydrogen-bond acceptors (Lipinski definition) is 2. The van der Waals surface area contributed by atoms with Gasteiger partial charge in [0.1, 0.15) is 0 Å². The van der Waals surface area contributed by atoms with E-state index in [1.54, 1.807) is 0 Å². The lowest BCUT2D eigenvalue weighted by Crippen LogP contribution is -2.63. The first-order chi connectivity index (χ1) is 6.55. The number of halogens is 2. The monoisotopic (exact) mass is 204 g/mol. The Kier molecular flexibility index (Phi) is 2.52. The van der Waals surface area contributed by atoms with Gasteiger partial charge < -0.3 is 5.32 Å². The van der Waals surface area contributed by atoms with E-state index in [1.165, 1.54) is 0 Å². The molecule has 0 aromatic heterocycles. The topological polar surface area (TPSA) is 15.3 Å². The van der Waals surface area contributed by atoms with Crippen LogP contribution in [-0.4, -0.2) is 43.5 Å². The first kappa shape index (κ1) is 10.3. The van der Waals surface area contributed by atoms with E-state index >= 15 is 0 Å². The fourth-order valence-corrected chi connectivity index (χ4v) is 2.65. The summed E-state index contributed by atoms with van der Waals surface area (Å²) >= 11 is 0. The van der Waals surface area contributed by atoms with Gasteiger partial charge in [-0.1, -0.05) is 0 Å². The average Bonchev–Trinajstić information content (AvgIpc) is 2.43. The molecule has 2 rings (SSSR count). The zero-order valence-corrected chi connectivity index (χ0v) is 8.76. The highest BCUT2D eigenvalue weighted by Crippen LogP contribution is 2.43. The summed E-state index contributed by atoms with van der Waals surface area (Å²) < 4.78 is 25.5. The summed E-state index contributed by atoms with van der Waals surface area (Å²) in [6.45, 7) is 7.17. The van der Waals surface area contributed by atoms with Crippen molar-refractivity contribution in [2.24, 2.45) is 11.3 Å². The molecule has 1 N–H and O–H groups in total. The van der Waals surface area contributed by atoms with Crippen molar-refractivity contribution in [3.05, 3.63) is 0 Å². The number of likely N-dealkylation sites (tertiary alicyclic amines) is 1. The minimum absolute atomic E-state index is 0.127. The van der Waals surface area contributed by atoms with E-state index in [4.69, 9.17) is 0 Å². The Balaban J connectivity index is 1.98. The van der Waals surface area contributed by atoms with Crippen LogP contribution >= 0.6 is 0 Å². The van der Waals surface area contributed by atoms with Gasteiger partial charge in [-0.2, -0.15) is 0 Å². The van der Waals surface area contributed by atoms with Gasteiger partial charge in [0, 0.05) is 43.6 Å². The van der Waals surface area contributed by atoms with Crippen LogP contribution in [0.3, 0.4) is 0 Å². The fourth-order valence-electron chi connectivity index (χ4n) is 2.65. The molecule has 0 aliphatic carbocycles. The number of nitrogens with one attached hydrogen (secondary N) is 1. The number of hydrogen-bond donors (Lipinski definition) is 1. The molecule has 2 aliphatic heterocycles. The summed E-state index contributed by atoms with van der Waals surface area (Å²) in [5.41, 5.74) is -0.127. The molecule has 2 heterocycles. The molecule has 82 valence electrons. The van der Waals surface area contributed by atoms with Crippen LogP contribution < -0.4 is 5.32 Å². The lowest BCUT2D eigenvalue weighted by Gasteiger charge is -2.52. The Morgan fingerprint density at radius 3 is 2.50 bits per heavy atom. The molecule has 4 heteroatoms. The Morgan fingerprint density at radius 2 is 2.00 bits per heavy atom. The van der Waals surface area contributed by atoms with E-state index in [2.05, 4.69) is 24.1 Å². The zero-order valence-electron chi connectivity index (χ0n) is 8.76. The largest absolute Gasteiger partial charge is 0.316 e. The lowest BCUT2D eigenvalue weighted by molar-refractivity contribution is -0.0835. The third-order valence-electron chi connectivity index (χ3n) is 3.70. The number of alkyl halides is 2. The average molecular weight is 204 g/mol. The van der Waals surface area contributed by atoms with Crippen LogP contribution in [0.1, 0.15) is 13.8 Å². The van der Waals surface area contributed by atoms with Crippen molar-refractivity contribution >= 4 is 0 Å². The van der Waals surface area contributed by atoms with E-state index in [0.29, 0.717) is 12.6 Å². The van der Waals surface area contributed by atoms with Crippen LogP contribution in [0.15, 0.2) is 0 Å². The van der Waals surface area contributed by atoms with Crippen molar-refractivity contribution in [1.29, 1.82) is 0 Å². The molecule has 0 aromatic rings. The smallest absolute Gasteiger partial charge is 0.243 e. The van der Waals surface area contributed by atoms with Crippen molar-refractivity contribution in [2.45, 2.75) is 26.3 Å².